The van der Waals surface area contributed by atoms with E-state index in [-0.39, 0.29) is 5.92 Å². The third kappa shape index (κ3) is 9.27. The Morgan fingerprint density at radius 1 is 1.25 bits per heavy atom. The lowest BCUT2D eigenvalue weighted by molar-refractivity contribution is -0.115. The summed E-state index contributed by atoms with van der Waals surface area (Å²) in [6.07, 6.45) is 0.750. The molecule has 0 unspecified atom stereocenters. The largest absolute Gasteiger partial charge is 0.406 e. The molecule has 0 atom stereocenters. The van der Waals surface area contributed by atoms with Crippen LogP contribution in [0.5, 0.6) is 5.88 Å². The minimum absolute atomic E-state index is 0.222. The zero-order chi connectivity index (χ0) is 18.8. The molecule has 0 saturated heterocycles. The van der Waals surface area contributed by atoms with Gasteiger partial charge in [0.1, 0.15) is 5.82 Å². The summed E-state index contributed by atoms with van der Waals surface area (Å²) >= 11 is 5.32. The number of hydrogen-bond donors (Lipinski definition) is 0. The molecule has 9 heteroatoms. The highest BCUT2D eigenvalue weighted by Gasteiger charge is 2.22. The molecule has 0 aliphatic heterocycles. The van der Waals surface area contributed by atoms with Gasteiger partial charge in [0.05, 0.1) is 13.2 Å². The van der Waals surface area contributed by atoms with Gasteiger partial charge in [-0.3, -0.25) is 13.8 Å². The SMILES string of the molecule is CCOP(=S)(OCC)Oc1cc(C)nc(C(C)C)n1.CN(C)C=O. The molecule has 0 fully saturated rings. The van der Waals surface area contributed by atoms with Gasteiger partial charge in [-0.2, -0.15) is 4.98 Å². The molecule has 0 radical (unpaired) electrons. The van der Waals surface area contributed by atoms with Crippen molar-refractivity contribution in [3.63, 3.8) is 0 Å². The van der Waals surface area contributed by atoms with E-state index < -0.39 is 6.72 Å². The van der Waals surface area contributed by atoms with Gasteiger partial charge in [0.15, 0.2) is 0 Å². The van der Waals surface area contributed by atoms with Gasteiger partial charge in [0.25, 0.3) is 0 Å². The Labute approximate surface area is 150 Å². The van der Waals surface area contributed by atoms with Crippen LogP contribution >= 0.6 is 6.72 Å². The van der Waals surface area contributed by atoms with Crippen molar-refractivity contribution in [2.45, 2.75) is 40.5 Å². The molecule has 0 bridgehead atoms. The van der Waals surface area contributed by atoms with E-state index in [2.05, 4.69) is 9.97 Å². The predicted octanol–water partition coefficient (Wildman–Crippen LogP) is 3.29. The molecule has 1 aromatic heterocycles. The Morgan fingerprint density at radius 2 is 1.75 bits per heavy atom. The fourth-order valence-electron chi connectivity index (χ4n) is 1.39. The first-order valence-corrected chi connectivity index (χ1v) is 10.3. The summed E-state index contributed by atoms with van der Waals surface area (Å²) in [6.45, 7) is 7.78. The topological polar surface area (TPSA) is 73.8 Å². The van der Waals surface area contributed by atoms with E-state index >= 15 is 0 Å². The van der Waals surface area contributed by atoms with E-state index in [9.17, 15) is 4.79 Å². The van der Waals surface area contributed by atoms with Gasteiger partial charge in [0, 0.05) is 43.6 Å². The van der Waals surface area contributed by atoms with Crippen LogP contribution in [0.15, 0.2) is 6.07 Å². The number of aryl methyl sites for hydroxylation is 1. The van der Waals surface area contributed by atoms with E-state index in [1.807, 2.05) is 34.6 Å². The second kappa shape index (κ2) is 11.5. The van der Waals surface area contributed by atoms with Crippen LogP contribution < -0.4 is 4.52 Å². The van der Waals surface area contributed by atoms with E-state index in [0.717, 1.165) is 17.9 Å². The summed E-state index contributed by atoms with van der Waals surface area (Å²) in [7, 11) is 3.38. The van der Waals surface area contributed by atoms with E-state index in [0.29, 0.717) is 19.1 Å². The molecule has 1 heterocycles. The summed E-state index contributed by atoms with van der Waals surface area (Å²) in [5.74, 6) is 1.37. The van der Waals surface area contributed by atoms with Crippen molar-refractivity contribution in [2.24, 2.45) is 0 Å². The quantitative estimate of drug-likeness (QED) is 0.508. The van der Waals surface area contributed by atoms with Crippen LogP contribution in [0.2, 0.25) is 0 Å². The number of carbonyl (C=O) groups is 1. The molecule has 0 aliphatic carbocycles. The molecule has 0 N–H and O–H groups in total. The Bertz CT molecular complexity index is 546. The summed E-state index contributed by atoms with van der Waals surface area (Å²) in [6, 6.07) is 1.74. The van der Waals surface area contributed by atoms with E-state index in [1.165, 1.54) is 4.90 Å². The van der Waals surface area contributed by atoms with Crippen molar-refractivity contribution >= 4 is 24.9 Å². The van der Waals surface area contributed by atoms with Crippen LogP contribution in [0.1, 0.15) is 45.1 Å². The van der Waals surface area contributed by atoms with Crippen molar-refractivity contribution in [2.75, 3.05) is 27.3 Å². The van der Waals surface area contributed by atoms with Crippen LogP contribution in [0, 0.1) is 6.92 Å². The second-order valence-electron chi connectivity index (χ2n) is 5.30. The third-order valence-corrected chi connectivity index (χ3v) is 4.77. The fourth-order valence-corrected chi connectivity index (χ4v) is 3.38. The molecular formula is C15H28N3O4PS. The van der Waals surface area contributed by atoms with Crippen molar-refractivity contribution in [3.8, 4) is 5.88 Å². The number of carbonyl (C=O) groups excluding carboxylic acids is 1. The molecule has 24 heavy (non-hydrogen) atoms. The zero-order valence-electron chi connectivity index (χ0n) is 15.5. The van der Waals surface area contributed by atoms with Crippen LogP contribution in [0.4, 0.5) is 0 Å². The van der Waals surface area contributed by atoms with Crippen molar-refractivity contribution in [3.05, 3.63) is 17.6 Å². The first-order valence-electron chi connectivity index (χ1n) is 7.73. The molecule has 1 amide bonds. The van der Waals surface area contributed by atoms with Crippen molar-refractivity contribution in [1.82, 2.24) is 14.9 Å². The minimum Gasteiger partial charge on any atom is -0.406 e. The molecule has 0 saturated carbocycles. The van der Waals surface area contributed by atoms with Crippen LogP contribution in [0.25, 0.3) is 0 Å². The lowest BCUT2D eigenvalue weighted by Crippen LogP contribution is -2.06. The van der Waals surface area contributed by atoms with Gasteiger partial charge < -0.3 is 9.42 Å². The third-order valence-electron chi connectivity index (χ3n) is 2.35. The number of nitrogens with zero attached hydrogens (tertiary/aromatic N) is 3. The molecule has 1 rings (SSSR count). The van der Waals surface area contributed by atoms with E-state index in [1.54, 1.807) is 20.2 Å². The number of rotatable bonds is 8. The predicted molar refractivity (Wildman–Crippen MR) is 98.8 cm³/mol. The standard InChI is InChI=1S/C12H21N2O3PS.C3H7NO/c1-6-15-18(19,16-7-2)17-11-8-10(5)13-12(14-11)9(3)4;1-4(2)3-5/h8-9H,6-7H2,1-5H3;3H,1-2H3. The van der Waals surface area contributed by atoms with Gasteiger partial charge in [0.2, 0.25) is 12.3 Å². The Hall–Kier alpha value is -1.08. The molecule has 1 aromatic rings. The lowest BCUT2D eigenvalue weighted by atomic mass is 10.2. The Balaban J connectivity index is 0.000000922. The highest BCUT2D eigenvalue weighted by atomic mass is 32.5. The molecule has 0 aliphatic rings. The number of hydrogen-bond acceptors (Lipinski definition) is 7. The maximum absolute atomic E-state index is 9.43. The van der Waals surface area contributed by atoms with Crippen LogP contribution in [-0.2, 0) is 25.6 Å². The zero-order valence-corrected chi connectivity index (χ0v) is 17.2. The molecular weight excluding hydrogens is 349 g/mol. The normalized spacial score (nSPS) is 10.8. The molecule has 7 nitrogen and oxygen atoms in total. The van der Waals surface area contributed by atoms with Crippen LogP contribution in [0.3, 0.4) is 0 Å². The summed E-state index contributed by atoms with van der Waals surface area (Å²) in [5.41, 5.74) is 0.836. The number of amides is 1. The average molecular weight is 377 g/mol. The minimum atomic E-state index is -2.77. The van der Waals surface area contributed by atoms with E-state index in [4.69, 9.17) is 25.4 Å². The fraction of sp³-hybridized carbons (Fsp3) is 0.667. The summed E-state index contributed by atoms with van der Waals surface area (Å²) in [5, 5.41) is 0. The summed E-state index contributed by atoms with van der Waals surface area (Å²) in [4.78, 5) is 19.6. The highest BCUT2D eigenvalue weighted by molar-refractivity contribution is 8.07. The van der Waals surface area contributed by atoms with Crippen molar-refractivity contribution < 1.29 is 18.4 Å². The molecule has 0 spiro atoms. The molecule has 138 valence electrons. The van der Waals surface area contributed by atoms with Gasteiger partial charge >= 0.3 is 6.72 Å². The number of aromatic nitrogens is 2. The van der Waals surface area contributed by atoms with Crippen molar-refractivity contribution in [1.29, 1.82) is 0 Å². The maximum Gasteiger partial charge on any atom is 0.381 e. The van der Waals surface area contributed by atoms with Gasteiger partial charge in [-0.25, -0.2) is 4.98 Å². The van der Waals surface area contributed by atoms with Gasteiger partial charge in [-0.1, -0.05) is 13.8 Å². The smallest absolute Gasteiger partial charge is 0.381 e. The lowest BCUT2D eigenvalue weighted by Gasteiger charge is -2.20. The molecule has 0 aromatic carbocycles. The van der Waals surface area contributed by atoms with Crippen LogP contribution in [-0.4, -0.2) is 48.6 Å². The maximum atomic E-state index is 9.43. The Morgan fingerprint density at radius 3 is 2.12 bits per heavy atom. The second-order valence-corrected chi connectivity index (χ2v) is 8.24. The Kier molecular flexibility index (Phi) is 11.0. The highest BCUT2D eigenvalue weighted by Crippen LogP contribution is 2.49. The van der Waals surface area contributed by atoms with Gasteiger partial charge in [-0.05, 0) is 20.8 Å². The average Bonchev–Trinajstić information content (AvgIpc) is 2.47. The first kappa shape index (κ1) is 22.9. The summed E-state index contributed by atoms with van der Waals surface area (Å²) < 4.78 is 16.6. The van der Waals surface area contributed by atoms with Gasteiger partial charge in [-0.15, -0.1) is 0 Å². The first-order chi connectivity index (χ1) is 11.2. The monoisotopic (exact) mass is 377 g/mol.